The van der Waals surface area contributed by atoms with Crippen molar-refractivity contribution >= 4 is 17.6 Å². The standard InChI is InChI=1S/C14H21ClN2O3/c1-10(18)9-17(2)14(19)16-8-13(20-3)11-5-4-6-12(15)7-11/h4-7,10,13,18H,8-9H2,1-3H3,(H,16,19). The molecule has 2 N–H and O–H groups in total. The number of nitrogens with zero attached hydrogens (tertiary/aromatic N) is 1. The highest BCUT2D eigenvalue weighted by molar-refractivity contribution is 6.30. The molecule has 0 bridgehead atoms. The molecule has 0 saturated heterocycles. The molecule has 0 fully saturated rings. The number of halogens is 1. The lowest BCUT2D eigenvalue weighted by Gasteiger charge is -2.22. The average molecular weight is 301 g/mol. The van der Waals surface area contributed by atoms with Crippen molar-refractivity contribution in [3.05, 3.63) is 34.9 Å². The Morgan fingerprint density at radius 2 is 2.25 bits per heavy atom. The zero-order valence-corrected chi connectivity index (χ0v) is 12.7. The highest BCUT2D eigenvalue weighted by atomic mass is 35.5. The number of hydrogen-bond donors (Lipinski definition) is 2. The van der Waals surface area contributed by atoms with Gasteiger partial charge < -0.3 is 20.1 Å². The predicted octanol–water partition coefficient (Wildman–Crippen LogP) is 2.05. The molecule has 1 aromatic carbocycles. The monoisotopic (exact) mass is 300 g/mol. The van der Waals surface area contributed by atoms with Crippen LogP contribution in [0.2, 0.25) is 5.02 Å². The number of urea groups is 1. The first-order valence-corrected chi connectivity index (χ1v) is 6.77. The van der Waals surface area contributed by atoms with E-state index in [1.807, 2.05) is 12.1 Å². The van der Waals surface area contributed by atoms with Crippen LogP contribution in [0.4, 0.5) is 4.79 Å². The lowest BCUT2D eigenvalue weighted by Crippen LogP contribution is -2.42. The number of aliphatic hydroxyl groups is 1. The molecule has 0 aliphatic rings. The minimum absolute atomic E-state index is 0.255. The summed E-state index contributed by atoms with van der Waals surface area (Å²) in [6.45, 7) is 2.24. The Morgan fingerprint density at radius 1 is 1.55 bits per heavy atom. The van der Waals surface area contributed by atoms with Crippen LogP contribution in [0.15, 0.2) is 24.3 Å². The number of carbonyl (C=O) groups is 1. The summed E-state index contributed by atoms with van der Waals surface area (Å²) in [7, 11) is 3.21. The molecule has 0 spiro atoms. The van der Waals surface area contributed by atoms with Gasteiger partial charge in [0.25, 0.3) is 0 Å². The van der Waals surface area contributed by atoms with Gasteiger partial charge in [-0.2, -0.15) is 0 Å². The van der Waals surface area contributed by atoms with E-state index in [2.05, 4.69) is 5.32 Å². The number of methoxy groups -OCH3 is 1. The summed E-state index contributed by atoms with van der Waals surface area (Å²) in [6.07, 6.45) is -0.825. The first-order valence-electron chi connectivity index (χ1n) is 6.39. The van der Waals surface area contributed by atoms with E-state index in [4.69, 9.17) is 16.3 Å². The Labute approximate surface area is 124 Å². The van der Waals surface area contributed by atoms with Crippen molar-refractivity contribution in [2.45, 2.75) is 19.1 Å². The van der Waals surface area contributed by atoms with Gasteiger partial charge in [-0.05, 0) is 24.6 Å². The fraction of sp³-hybridized carbons (Fsp3) is 0.500. The van der Waals surface area contributed by atoms with E-state index in [9.17, 15) is 9.90 Å². The molecule has 0 heterocycles. The van der Waals surface area contributed by atoms with Gasteiger partial charge in [0.2, 0.25) is 0 Å². The average Bonchev–Trinajstić information content (AvgIpc) is 2.38. The van der Waals surface area contributed by atoms with E-state index in [1.165, 1.54) is 4.90 Å². The number of nitrogens with one attached hydrogen (secondary N) is 1. The van der Waals surface area contributed by atoms with E-state index in [0.29, 0.717) is 11.6 Å². The van der Waals surface area contributed by atoms with Crippen LogP contribution in [0.3, 0.4) is 0 Å². The highest BCUT2D eigenvalue weighted by Crippen LogP contribution is 2.19. The first kappa shape index (κ1) is 16.8. The molecular weight excluding hydrogens is 280 g/mol. The van der Waals surface area contributed by atoms with E-state index in [0.717, 1.165) is 5.56 Å². The molecule has 0 aromatic heterocycles. The van der Waals surface area contributed by atoms with Crippen molar-refractivity contribution in [1.29, 1.82) is 0 Å². The SMILES string of the molecule is COC(CNC(=O)N(C)CC(C)O)c1cccc(Cl)c1. The molecule has 20 heavy (non-hydrogen) atoms. The van der Waals surface area contributed by atoms with Gasteiger partial charge in [0.1, 0.15) is 0 Å². The molecule has 5 nitrogen and oxygen atoms in total. The normalized spacial score (nSPS) is 13.7. The van der Waals surface area contributed by atoms with Gasteiger partial charge in [-0.1, -0.05) is 23.7 Å². The number of likely N-dealkylation sites (N-methyl/N-ethyl adjacent to an activating group) is 1. The summed E-state index contributed by atoms with van der Waals surface area (Å²) < 4.78 is 5.36. The molecule has 2 atom stereocenters. The fourth-order valence-corrected chi connectivity index (χ4v) is 2.04. The molecule has 0 aliphatic carbocycles. The highest BCUT2D eigenvalue weighted by Gasteiger charge is 2.15. The van der Waals surface area contributed by atoms with Crippen LogP contribution in [0, 0.1) is 0 Å². The summed E-state index contributed by atoms with van der Waals surface area (Å²) in [4.78, 5) is 13.2. The Kier molecular flexibility index (Phi) is 6.78. The maximum atomic E-state index is 11.8. The molecule has 0 aliphatic heterocycles. The van der Waals surface area contributed by atoms with E-state index >= 15 is 0 Å². The first-order chi connectivity index (χ1) is 9.43. The largest absolute Gasteiger partial charge is 0.392 e. The third kappa shape index (κ3) is 5.36. The van der Waals surface area contributed by atoms with Gasteiger partial charge in [0, 0.05) is 32.3 Å². The van der Waals surface area contributed by atoms with Crippen LogP contribution in [0.5, 0.6) is 0 Å². The van der Waals surface area contributed by atoms with Crippen molar-refractivity contribution in [3.63, 3.8) is 0 Å². The van der Waals surface area contributed by atoms with Gasteiger partial charge in [-0.15, -0.1) is 0 Å². The number of benzene rings is 1. The van der Waals surface area contributed by atoms with Gasteiger partial charge in [0.15, 0.2) is 0 Å². The van der Waals surface area contributed by atoms with Gasteiger partial charge in [-0.3, -0.25) is 0 Å². The van der Waals surface area contributed by atoms with Crippen molar-refractivity contribution in [1.82, 2.24) is 10.2 Å². The predicted molar refractivity (Wildman–Crippen MR) is 78.9 cm³/mol. The molecular formula is C14H21ClN2O3. The third-order valence-electron chi connectivity index (χ3n) is 2.83. The molecule has 6 heteroatoms. The van der Waals surface area contributed by atoms with Gasteiger partial charge >= 0.3 is 6.03 Å². The van der Waals surface area contributed by atoms with Crippen LogP contribution >= 0.6 is 11.6 Å². The Morgan fingerprint density at radius 3 is 2.80 bits per heavy atom. The number of rotatable bonds is 6. The summed E-state index contributed by atoms with van der Waals surface area (Å²) >= 11 is 5.94. The molecule has 2 amide bonds. The zero-order valence-electron chi connectivity index (χ0n) is 12.0. The molecule has 112 valence electrons. The van der Waals surface area contributed by atoms with Crippen LogP contribution in [-0.4, -0.2) is 49.4 Å². The van der Waals surface area contributed by atoms with Crippen molar-refractivity contribution < 1.29 is 14.6 Å². The number of aliphatic hydroxyl groups excluding tert-OH is 1. The van der Waals surface area contributed by atoms with E-state index in [-0.39, 0.29) is 18.7 Å². The second-order valence-corrected chi connectivity index (χ2v) is 5.13. The molecule has 0 saturated carbocycles. The topological polar surface area (TPSA) is 61.8 Å². The maximum Gasteiger partial charge on any atom is 0.317 e. The fourth-order valence-electron chi connectivity index (χ4n) is 1.84. The lowest BCUT2D eigenvalue weighted by atomic mass is 10.1. The second-order valence-electron chi connectivity index (χ2n) is 4.69. The van der Waals surface area contributed by atoms with Gasteiger partial charge in [-0.25, -0.2) is 4.79 Å². The number of carbonyl (C=O) groups excluding carboxylic acids is 1. The lowest BCUT2D eigenvalue weighted by molar-refractivity contribution is 0.0997. The van der Waals surface area contributed by atoms with Crippen molar-refractivity contribution in [2.24, 2.45) is 0 Å². The number of hydrogen-bond acceptors (Lipinski definition) is 3. The second kappa shape index (κ2) is 8.09. The van der Waals surface area contributed by atoms with E-state index < -0.39 is 6.10 Å². The summed E-state index contributed by atoms with van der Waals surface area (Å²) in [5.74, 6) is 0. The van der Waals surface area contributed by atoms with Gasteiger partial charge in [0.05, 0.1) is 12.2 Å². The zero-order chi connectivity index (χ0) is 15.1. The van der Waals surface area contributed by atoms with Crippen LogP contribution in [0.1, 0.15) is 18.6 Å². The number of ether oxygens (including phenoxy) is 1. The summed E-state index contributed by atoms with van der Waals surface area (Å²) in [6, 6.07) is 7.07. The Balaban J connectivity index is 2.55. The summed E-state index contributed by atoms with van der Waals surface area (Å²) in [5, 5.41) is 12.6. The maximum absolute atomic E-state index is 11.8. The third-order valence-corrected chi connectivity index (χ3v) is 3.06. The summed E-state index contributed by atoms with van der Waals surface area (Å²) in [5.41, 5.74) is 0.901. The molecule has 1 aromatic rings. The van der Waals surface area contributed by atoms with Crippen LogP contribution in [-0.2, 0) is 4.74 Å². The minimum Gasteiger partial charge on any atom is -0.392 e. The Bertz CT molecular complexity index is 440. The molecule has 2 unspecified atom stereocenters. The Hall–Kier alpha value is -1.30. The van der Waals surface area contributed by atoms with Crippen LogP contribution in [0.25, 0.3) is 0 Å². The smallest absolute Gasteiger partial charge is 0.317 e. The molecule has 1 rings (SSSR count). The van der Waals surface area contributed by atoms with Crippen molar-refractivity contribution in [3.8, 4) is 0 Å². The minimum atomic E-state index is -0.558. The van der Waals surface area contributed by atoms with Crippen LogP contribution < -0.4 is 5.32 Å². The van der Waals surface area contributed by atoms with E-state index in [1.54, 1.807) is 33.2 Å². The quantitative estimate of drug-likeness (QED) is 0.845. The number of amides is 2. The molecule has 0 radical (unpaired) electrons. The van der Waals surface area contributed by atoms with Crippen molar-refractivity contribution in [2.75, 3.05) is 27.2 Å².